The van der Waals surface area contributed by atoms with Gasteiger partial charge >= 0.3 is 0 Å². The normalized spacial score (nSPS) is 24.6. The fourth-order valence-electron chi connectivity index (χ4n) is 2.82. The summed E-state index contributed by atoms with van der Waals surface area (Å²) in [5.41, 5.74) is 1.12. The molecule has 1 aromatic rings. The quantitative estimate of drug-likeness (QED) is 0.854. The van der Waals surface area contributed by atoms with Gasteiger partial charge in [-0.1, -0.05) is 12.2 Å². The maximum absolute atomic E-state index is 5.95. The summed E-state index contributed by atoms with van der Waals surface area (Å²) in [5.74, 6) is 2.84. The van der Waals surface area contributed by atoms with Crippen molar-refractivity contribution in [2.75, 3.05) is 26.3 Å². The second kappa shape index (κ2) is 6.14. The number of rotatable bonds is 4. The summed E-state index contributed by atoms with van der Waals surface area (Å²) in [7, 11) is 0. The zero-order valence-electron chi connectivity index (χ0n) is 11.7. The van der Waals surface area contributed by atoms with E-state index in [9.17, 15) is 0 Å². The second-order valence-electron chi connectivity index (χ2n) is 5.38. The highest BCUT2D eigenvalue weighted by atomic mass is 16.5. The number of hydrogen-bond acceptors (Lipinski definition) is 3. The summed E-state index contributed by atoms with van der Waals surface area (Å²) >= 11 is 0. The van der Waals surface area contributed by atoms with Crippen LogP contribution < -0.4 is 14.8 Å². The van der Waals surface area contributed by atoms with Crippen molar-refractivity contribution < 1.29 is 9.47 Å². The first-order valence-electron chi connectivity index (χ1n) is 7.26. The van der Waals surface area contributed by atoms with Crippen molar-refractivity contribution >= 4 is 6.08 Å². The first kappa shape index (κ1) is 13.3. The molecule has 0 amide bonds. The molecule has 20 heavy (non-hydrogen) atoms. The lowest BCUT2D eigenvalue weighted by Gasteiger charge is -2.30. The molecule has 2 aliphatic heterocycles. The first-order chi connectivity index (χ1) is 9.86. The van der Waals surface area contributed by atoms with Gasteiger partial charge in [-0.05, 0) is 37.1 Å². The van der Waals surface area contributed by atoms with Gasteiger partial charge in [-0.2, -0.15) is 0 Å². The average molecular weight is 271 g/mol. The number of nitrogens with one attached hydrogen (secondary N) is 1. The standard InChI is InChI=1S/C17H21NO2/c1-2-13-7-8-18-11-15(13)12-20-16-6-5-14-4-3-9-19-17(14)10-16/h2-6,10,13,15,18H,1,7-9,11-12H2/t13-,15+/m1/s1. The van der Waals surface area contributed by atoms with Crippen molar-refractivity contribution in [3.05, 3.63) is 42.5 Å². The Balaban J connectivity index is 1.63. The van der Waals surface area contributed by atoms with Crippen LogP contribution in [0.4, 0.5) is 0 Å². The Hall–Kier alpha value is -1.74. The van der Waals surface area contributed by atoms with Gasteiger partial charge in [0.1, 0.15) is 18.1 Å². The molecular formula is C17H21NO2. The summed E-state index contributed by atoms with van der Waals surface area (Å²) < 4.78 is 11.6. The minimum absolute atomic E-state index is 0.498. The zero-order valence-corrected chi connectivity index (χ0v) is 11.7. The monoisotopic (exact) mass is 271 g/mol. The average Bonchev–Trinajstić information content (AvgIpc) is 2.53. The van der Waals surface area contributed by atoms with Crippen molar-refractivity contribution in [3.63, 3.8) is 0 Å². The van der Waals surface area contributed by atoms with Crippen molar-refractivity contribution in [1.29, 1.82) is 0 Å². The molecule has 0 spiro atoms. The predicted octanol–water partition coefficient (Wildman–Crippen LogP) is 2.88. The Bertz CT molecular complexity index is 510. The summed E-state index contributed by atoms with van der Waals surface area (Å²) in [6, 6.07) is 6.04. The third-order valence-electron chi connectivity index (χ3n) is 4.05. The van der Waals surface area contributed by atoms with Gasteiger partial charge in [-0.15, -0.1) is 6.58 Å². The number of hydrogen-bond donors (Lipinski definition) is 1. The van der Waals surface area contributed by atoms with E-state index in [0.717, 1.165) is 43.2 Å². The fraction of sp³-hybridized carbons (Fsp3) is 0.412. The molecule has 1 N–H and O–H groups in total. The van der Waals surface area contributed by atoms with E-state index in [1.54, 1.807) is 0 Å². The van der Waals surface area contributed by atoms with Crippen LogP contribution in [0.3, 0.4) is 0 Å². The van der Waals surface area contributed by atoms with Crippen LogP contribution in [-0.2, 0) is 0 Å². The lowest BCUT2D eigenvalue weighted by Crippen LogP contribution is -2.38. The summed E-state index contributed by atoms with van der Waals surface area (Å²) in [6.07, 6.45) is 7.32. The molecule has 1 saturated heterocycles. The third kappa shape index (κ3) is 2.88. The molecular weight excluding hydrogens is 250 g/mol. The molecule has 0 bridgehead atoms. The Morgan fingerprint density at radius 1 is 1.45 bits per heavy atom. The summed E-state index contributed by atoms with van der Waals surface area (Å²) in [6.45, 7) is 7.37. The van der Waals surface area contributed by atoms with E-state index in [1.807, 2.05) is 24.3 Å². The summed E-state index contributed by atoms with van der Waals surface area (Å²) in [5, 5.41) is 3.42. The van der Waals surface area contributed by atoms with Gasteiger partial charge in [0.15, 0.2) is 0 Å². The molecule has 2 aliphatic rings. The summed E-state index contributed by atoms with van der Waals surface area (Å²) in [4.78, 5) is 0. The maximum Gasteiger partial charge on any atom is 0.130 e. The molecule has 1 fully saturated rings. The van der Waals surface area contributed by atoms with E-state index in [2.05, 4.69) is 24.0 Å². The van der Waals surface area contributed by atoms with Gasteiger partial charge < -0.3 is 14.8 Å². The fourth-order valence-corrected chi connectivity index (χ4v) is 2.82. The van der Waals surface area contributed by atoms with Gasteiger partial charge in [-0.3, -0.25) is 0 Å². The van der Waals surface area contributed by atoms with Crippen LogP contribution >= 0.6 is 0 Å². The Labute approximate surface area is 120 Å². The van der Waals surface area contributed by atoms with Gasteiger partial charge in [0.05, 0.1) is 6.61 Å². The number of ether oxygens (including phenoxy) is 2. The second-order valence-corrected chi connectivity index (χ2v) is 5.38. The third-order valence-corrected chi connectivity index (χ3v) is 4.05. The lowest BCUT2D eigenvalue weighted by molar-refractivity contribution is 0.184. The van der Waals surface area contributed by atoms with Crippen LogP contribution in [0.1, 0.15) is 12.0 Å². The Morgan fingerprint density at radius 2 is 2.40 bits per heavy atom. The molecule has 106 valence electrons. The van der Waals surface area contributed by atoms with Crippen molar-refractivity contribution in [3.8, 4) is 11.5 Å². The van der Waals surface area contributed by atoms with E-state index in [0.29, 0.717) is 18.4 Å². The van der Waals surface area contributed by atoms with Crippen LogP contribution in [0.2, 0.25) is 0 Å². The van der Waals surface area contributed by atoms with Gasteiger partial charge in [0.2, 0.25) is 0 Å². The van der Waals surface area contributed by atoms with E-state index in [1.165, 1.54) is 0 Å². The topological polar surface area (TPSA) is 30.5 Å². The van der Waals surface area contributed by atoms with Crippen LogP contribution in [0, 0.1) is 11.8 Å². The van der Waals surface area contributed by atoms with Crippen LogP contribution in [-0.4, -0.2) is 26.3 Å². The van der Waals surface area contributed by atoms with Gasteiger partial charge in [0.25, 0.3) is 0 Å². The molecule has 3 heteroatoms. The van der Waals surface area contributed by atoms with E-state index in [-0.39, 0.29) is 0 Å². The number of fused-ring (bicyclic) bond motifs is 1. The molecule has 0 unspecified atom stereocenters. The highest BCUT2D eigenvalue weighted by Crippen LogP contribution is 2.29. The van der Waals surface area contributed by atoms with Gasteiger partial charge in [0, 0.05) is 24.1 Å². The zero-order chi connectivity index (χ0) is 13.8. The van der Waals surface area contributed by atoms with Gasteiger partial charge in [-0.25, -0.2) is 0 Å². The lowest BCUT2D eigenvalue weighted by atomic mass is 9.87. The molecule has 1 aromatic carbocycles. The SMILES string of the molecule is C=C[C@@H]1CCNC[C@H]1COc1ccc2c(c1)OCC=C2. The maximum atomic E-state index is 5.95. The van der Waals surface area contributed by atoms with Crippen molar-refractivity contribution in [1.82, 2.24) is 5.32 Å². The van der Waals surface area contributed by atoms with E-state index in [4.69, 9.17) is 9.47 Å². The molecule has 2 heterocycles. The van der Waals surface area contributed by atoms with Crippen LogP contribution in [0.15, 0.2) is 36.9 Å². The van der Waals surface area contributed by atoms with E-state index < -0.39 is 0 Å². The molecule has 0 radical (unpaired) electrons. The number of benzene rings is 1. The van der Waals surface area contributed by atoms with Crippen LogP contribution in [0.5, 0.6) is 11.5 Å². The predicted molar refractivity (Wildman–Crippen MR) is 81.1 cm³/mol. The highest BCUT2D eigenvalue weighted by molar-refractivity contribution is 5.60. The Morgan fingerprint density at radius 3 is 3.30 bits per heavy atom. The number of piperidine rings is 1. The van der Waals surface area contributed by atoms with Crippen LogP contribution in [0.25, 0.3) is 6.08 Å². The molecule has 0 aliphatic carbocycles. The molecule has 2 atom stereocenters. The smallest absolute Gasteiger partial charge is 0.130 e. The molecule has 0 saturated carbocycles. The molecule has 0 aromatic heterocycles. The van der Waals surface area contributed by atoms with Crippen molar-refractivity contribution in [2.45, 2.75) is 6.42 Å². The van der Waals surface area contributed by atoms with Crippen molar-refractivity contribution in [2.24, 2.45) is 11.8 Å². The first-order valence-corrected chi connectivity index (χ1v) is 7.26. The molecule has 3 rings (SSSR count). The molecule has 3 nitrogen and oxygen atoms in total. The largest absolute Gasteiger partial charge is 0.493 e. The van der Waals surface area contributed by atoms with E-state index >= 15 is 0 Å². The number of allylic oxidation sites excluding steroid dienone is 1. The highest BCUT2D eigenvalue weighted by Gasteiger charge is 2.23. The minimum atomic E-state index is 0.498. The minimum Gasteiger partial charge on any atom is -0.493 e. The Kier molecular flexibility index (Phi) is 4.07.